The lowest BCUT2D eigenvalue weighted by atomic mass is 10.0. The molecule has 0 saturated carbocycles. The summed E-state index contributed by atoms with van der Waals surface area (Å²) in [6.45, 7) is 3.74. The van der Waals surface area contributed by atoms with Crippen LogP contribution < -0.4 is 5.32 Å². The first-order valence-corrected chi connectivity index (χ1v) is 5.18. The van der Waals surface area contributed by atoms with E-state index in [4.69, 9.17) is 4.74 Å². The minimum absolute atomic E-state index is 0.571. The molecule has 0 fully saturated rings. The Balaban J connectivity index is 2.18. The molecule has 15 heavy (non-hydrogen) atoms. The van der Waals surface area contributed by atoms with Gasteiger partial charge in [0.25, 0.3) is 0 Å². The third-order valence-electron chi connectivity index (χ3n) is 2.34. The standard InChI is InChI=1S/C11H20N2O2/c1-11(14,4-6-15-2)9-13-8-10-3-5-12-7-10/h3,5,7,12-14H,4,6,8-9H2,1-2H3. The summed E-state index contributed by atoms with van der Waals surface area (Å²) in [5.41, 5.74) is 0.490. The summed E-state index contributed by atoms with van der Waals surface area (Å²) in [6, 6.07) is 2.01. The molecule has 0 aliphatic carbocycles. The first kappa shape index (κ1) is 12.2. The lowest BCUT2D eigenvalue weighted by Gasteiger charge is -2.23. The molecule has 4 nitrogen and oxygen atoms in total. The summed E-state index contributed by atoms with van der Waals surface area (Å²) in [6.07, 6.45) is 4.47. The quantitative estimate of drug-likeness (QED) is 0.629. The topological polar surface area (TPSA) is 57.3 Å². The van der Waals surface area contributed by atoms with Gasteiger partial charge in [0.05, 0.1) is 5.60 Å². The van der Waals surface area contributed by atoms with Gasteiger partial charge in [-0.1, -0.05) is 0 Å². The van der Waals surface area contributed by atoms with Gasteiger partial charge in [-0.15, -0.1) is 0 Å². The lowest BCUT2D eigenvalue weighted by molar-refractivity contribution is 0.0247. The first-order chi connectivity index (χ1) is 7.14. The van der Waals surface area contributed by atoms with Crippen LogP contribution in [0.15, 0.2) is 18.5 Å². The van der Waals surface area contributed by atoms with Crippen LogP contribution in [-0.2, 0) is 11.3 Å². The zero-order chi connectivity index (χ0) is 11.1. The van der Waals surface area contributed by atoms with Gasteiger partial charge in [-0.2, -0.15) is 0 Å². The van der Waals surface area contributed by atoms with E-state index in [1.165, 1.54) is 5.56 Å². The molecule has 0 bridgehead atoms. The van der Waals surface area contributed by atoms with Crippen LogP contribution in [0.4, 0.5) is 0 Å². The number of rotatable bonds is 7. The second kappa shape index (κ2) is 5.90. The molecule has 0 spiro atoms. The third-order valence-corrected chi connectivity index (χ3v) is 2.34. The van der Waals surface area contributed by atoms with Crippen molar-refractivity contribution in [1.82, 2.24) is 10.3 Å². The van der Waals surface area contributed by atoms with Crippen LogP contribution in [0.5, 0.6) is 0 Å². The second-order valence-corrected chi connectivity index (χ2v) is 4.06. The molecule has 0 aliphatic heterocycles. The fraction of sp³-hybridized carbons (Fsp3) is 0.636. The Morgan fingerprint density at radius 1 is 1.60 bits per heavy atom. The van der Waals surface area contributed by atoms with Gasteiger partial charge in [0.2, 0.25) is 0 Å². The second-order valence-electron chi connectivity index (χ2n) is 4.06. The van der Waals surface area contributed by atoms with E-state index in [2.05, 4.69) is 10.3 Å². The predicted octanol–water partition coefficient (Wildman–Crippen LogP) is 0.892. The van der Waals surface area contributed by atoms with Crippen LogP contribution >= 0.6 is 0 Å². The van der Waals surface area contributed by atoms with Crippen LogP contribution in [0.2, 0.25) is 0 Å². The SMILES string of the molecule is COCCC(C)(O)CNCc1cc[nH]c1. The first-order valence-electron chi connectivity index (χ1n) is 5.18. The number of methoxy groups -OCH3 is 1. The molecule has 4 heteroatoms. The van der Waals surface area contributed by atoms with Crippen LogP contribution in [0.25, 0.3) is 0 Å². The Morgan fingerprint density at radius 3 is 3.00 bits per heavy atom. The summed E-state index contributed by atoms with van der Waals surface area (Å²) < 4.78 is 4.94. The maximum absolute atomic E-state index is 9.92. The molecule has 1 rings (SSSR count). The van der Waals surface area contributed by atoms with Gasteiger partial charge < -0.3 is 20.1 Å². The monoisotopic (exact) mass is 212 g/mol. The smallest absolute Gasteiger partial charge is 0.0765 e. The largest absolute Gasteiger partial charge is 0.389 e. The van der Waals surface area contributed by atoms with E-state index >= 15 is 0 Å². The number of ether oxygens (including phenoxy) is 1. The van der Waals surface area contributed by atoms with E-state index in [9.17, 15) is 5.11 Å². The van der Waals surface area contributed by atoms with E-state index in [0.29, 0.717) is 19.6 Å². The zero-order valence-electron chi connectivity index (χ0n) is 9.42. The average molecular weight is 212 g/mol. The number of aromatic amines is 1. The number of aliphatic hydroxyl groups is 1. The Labute approximate surface area is 90.7 Å². The molecule has 1 heterocycles. The number of H-pyrrole nitrogens is 1. The van der Waals surface area contributed by atoms with Crippen molar-refractivity contribution in [2.24, 2.45) is 0 Å². The maximum atomic E-state index is 9.92. The van der Waals surface area contributed by atoms with E-state index < -0.39 is 5.60 Å². The fourth-order valence-corrected chi connectivity index (χ4v) is 1.35. The van der Waals surface area contributed by atoms with Crippen molar-refractivity contribution < 1.29 is 9.84 Å². The molecule has 3 N–H and O–H groups in total. The molecule has 0 saturated heterocycles. The van der Waals surface area contributed by atoms with E-state index in [1.54, 1.807) is 7.11 Å². The summed E-state index contributed by atoms with van der Waals surface area (Å²) in [5.74, 6) is 0. The Kier molecular flexibility index (Phi) is 4.81. The molecule has 0 aliphatic rings. The van der Waals surface area contributed by atoms with Crippen molar-refractivity contribution >= 4 is 0 Å². The number of hydrogen-bond donors (Lipinski definition) is 3. The van der Waals surface area contributed by atoms with Crippen LogP contribution in [0.1, 0.15) is 18.9 Å². The van der Waals surface area contributed by atoms with Gasteiger partial charge in [0.1, 0.15) is 0 Å². The molecule has 0 amide bonds. The van der Waals surface area contributed by atoms with Gasteiger partial charge in [-0.05, 0) is 18.6 Å². The van der Waals surface area contributed by atoms with E-state index in [1.807, 2.05) is 25.4 Å². The Bertz CT molecular complexity index is 258. The number of aromatic nitrogens is 1. The van der Waals surface area contributed by atoms with Crippen LogP contribution in [0, 0.1) is 0 Å². The summed E-state index contributed by atoms with van der Waals surface area (Å²) in [7, 11) is 1.64. The Morgan fingerprint density at radius 2 is 2.40 bits per heavy atom. The number of hydrogen-bond acceptors (Lipinski definition) is 3. The molecule has 1 aromatic heterocycles. The Hall–Kier alpha value is -0.840. The highest BCUT2D eigenvalue weighted by molar-refractivity contribution is 5.07. The van der Waals surface area contributed by atoms with Gasteiger partial charge in [0.15, 0.2) is 0 Å². The molecular weight excluding hydrogens is 192 g/mol. The normalized spacial score (nSPS) is 15.1. The van der Waals surface area contributed by atoms with Crippen molar-refractivity contribution in [3.05, 3.63) is 24.0 Å². The van der Waals surface area contributed by atoms with Gasteiger partial charge in [-0.25, -0.2) is 0 Å². The van der Waals surface area contributed by atoms with Gasteiger partial charge in [0, 0.05) is 45.6 Å². The highest BCUT2D eigenvalue weighted by Gasteiger charge is 2.18. The minimum atomic E-state index is -0.702. The molecular formula is C11H20N2O2. The summed E-state index contributed by atoms with van der Waals surface area (Å²) >= 11 is 0. The van der Waals surface area contributed by atoms with Gasteiger partial charge >= 0.3 is 0 Å². The van der Waals surface area contributed by atoms with Crippen molar-refractivity contribution in [1.29, 1.82) is 0 Å². The predicted molar refractivity (Wildman–Crippen MR) is 59.6 cm³/mol. The zero-order valence-corrected chi connectivity index (χ0v) is 9.42. The lowest BCUT2D eigenvalue weighted by Crippen LogP contribution is -2.38. The highest BCUT2D eigenvalue weighted by atomic mass is 16.5. The number of nitrogens with one attached hydrogen (secondary N) is 2. The molecule has 0 radical (unpaired) electrons. The van der Waals surface area contributed by atoms with Gasteiger partial charge in [-0.3, -0.25) is 0 Å². The maximum Gasteiger partial charge on any atom is 0.0765 e. The molecule has 1 aromatic rings. The van der Waals surface area contributed by atoms with Crippen molar-refractivity contribution in [2.45, 2.75) is 25.5 Å². The van der Waals surface area contributed by atoms with Crippen molar-refractivity contribution in [3.8, 4) is 0 Å². The molecule has 1 unspecified atom stereocenters. The van der Waals surface area contributed by atoms with Crippen molar-refractivity contribution in [3.63, 3.8) is 0 Å². The summed E-state index contributed by atoms with van der Waals surface area (Å²) in [5, 5.41) is 13.1. The summed E-state index contributed by atoms with van der Waals surface area (Å²) in [4.78, 5) is 2.99. The fourth-order valence-electron chi connectivity index (χ4n) is 1.35. The minimum Gasteiger partial charge on any atom is -0.389 e. The highest BCUT2D eigenvalue weighted by Crippen LogP contribution is 2.07. The third kappa shape index (κ3) is 4.97. The van der Waals surface area contributed by atoms with E-state index in [0.717, 1.165) is 6.54 Å². The average Bonchev–Trinajstić information content (AvgIpc) is 2.67. The van der Waals surface area contributed by atoms with E-state index in [-0.39, 0.29) is 0 Å². The van der Waals surface area contributed by atoms with Crippen molar-refractivity contribution in [2.75, 3.05) is 20.3 Å². The van der Waals surface area contributed by atoms with Crippen LogP contribution in [-0.4, -0.2) is 36.0 Å². The molecule has 86 valence electrons. The molecule has 1 atom stereocenters. The molecule has 0 aromatic carbocycles. The van der Waals surface area contributed by atoms with Crippen LogP contribution in [0.3, 0.4) is 0 Å².